The lowest BCUT2D eigenvalue weighted by Gasteiger charge is -2.46. The molecule has 0 aromatic carbocycles. The van der Waals surface area contributed by atoms with Gasteiger partial charge in [0, 0.05) is 25.2 Å². The molecule has 12 heavy (non-hydrogen) atoms. The second kappa shape index (κ2) is 3.99. The highest BCUT2D eigenvalue weighted by atomic mass is 32.2. The van der Waals surface area contributed by atoms with Crippen molar-refractivity contribution in [2.45, 2.75) is 25.9 Å². The fraction of sp³-hybridized carbons (Fsp3) is 1.00. The summed E-state index contributed by atoms with van der Waals surface area (Å²) in [4.78, 5) is 2.44. The van der Waals surface area contributed by atoms with Gasteiger partial charge in [-0.1, -0.05) is 0 Å². The molecule has 2 nitrogen and oxygen atoms in total. The minimum atomic E-state index is 0.0903. The van der Waals surface area contributed by atoms with Crippen LogP contribution in [0.4, 0.5) is 0 Å². The number of piperazine rings is 1. The Labute approximate surface area is 79.4 Å². The van der Waals surface area contributed by atoms with Gasteiger partial charge in [0.2, 0.25) is 0 Å². The molecule has 1 fully saturated rings. The van der Waals surface area contributed by atoms with Gasteiger partial charge in [0.1, 0.15) is 0 Å². The van der Waals surface area contributed by atoms with Crippen LogP contribution in [0.1, 0.15) is 13.8 Å². The second-order valence-electron chi connectivity index (χ2n) is 4.15. The van der Waals surface area contributed by atoms with Crippen LogP contribution in [0.5, 0.6) is 0 Å². The van der Waals surface area contributed by atoms with Crippen LogP contribution in [-0.2, 0) is 0 Å². The van der Waals surface area contributed by atoms with Gasteiger partial charge in [0.15, 0.2) is 0 Å². The predicted octanol–water partition coefficient (Wildman–Crippen LogP) is 1.19. The number of likely N-dealkylation sites (N-methyl/N-ethyl adjacent to an activating group) is 1. The molecule has 1 aliphatic rings. The normalized spacial score (nSPS) is 35.2. The van der Waals surface area contributed by atoms with Crippen molar-refractivity contribution < 1.29 is 0 Å². The van der Waals surface area contributed by atoms with Gasteiger partial charge in [0.05, 0.1) is 0 Å². The van der Waals surface area contributed by atoms with Crippen molar-refractivity contribution in [3.63, 3.8) is 0 Å². The van der Waals surface area contributed by atoms with Gasteiger partial charge in [-0.25, -0.2) is 11.1 Å². The highest BCUT2D eigenvalue weighted by Crippen LogP contribution is 2.30. The number of thiol groups is 1. The van der Waals surface area contributed by atoms with E-state index < -0.39 is 0 Å². The molecular formula is C9H22N2S. The van der Waals surface area contributed by atoms with Crippen molar-refractivity contribution in [2.75, 3.05) is 32.6 Å². The van der Waals surface area contributed by atoms with Crippen LogP contribution >= 0.6 is 11.1 Å². The zero-order valence-electron chi connectivity index (χ0n) is 8.91. The molecule has 1 aliphatic heterocycles. The number of hydrogen-bond donors (Lipinski definition) is 1. The minimum absolute atomic E-state index is 0.0903. The largest absolute Gasteiger partial charge is 0.303 e. The monoisotopic (exact) mass is 190 g/mol. The van der Waals surface area contributed by atoms with E-state index in [0.29, 0.717) is 0 Å². The number of rotatable bonds is 1. The molecular weight excluding hydrogens is 168 g/mol. The van der Waals surface area contributed by atoms with Gasteiger partial charge in [-0.05, 0) is 33.4 Å². The van der Waals surface area contributed by atoms with Crippen molar-refractivity contribution in [3.05, 3.63) is 0 Å². The summed E-state index contributed by atoms with van der Waals surface area (Å²) in [6, 6.07) is 1.47. The molecule has 0 unspecified atom stereocenters. The third-order valence-electron chi connectivity index (χ3n) is 2.52. The van der Waals surface area contributed by atoms with Crippen LogP contribution < -0.4 is 0 Å². The first-order valence-corrected chi connectivity index (χ1v) is 6.85. The first-order valence-electron chi connectivity index (χ1n) is 4.66. The lowest BCUT2D eigenvalue weighted by Crippen LogP contribution is -2.53. The summed E-state index contributed by atoms with van der Waals surface area (Å²) in [5, 5.41) is 0. The molecule has 0 aromatic heterocycles. The molecule has 0 radical (unpaired) electrons. The summed E-state index contributed by atoms with van der Waals surface area (Å²) in [6.45, 7) is 7.14. The van der Waals surface area contributed by atoms with E-state index in [1.165, 1.54) is 13.1 Å². The highest BCUT2D eigenvalue weighted by Gasteiger charge is 2.28. The van der Waals surface area contributed by atoms with Gasteiger partial charge in [-0.2, -0.15) is 0 Å². The second-order valence-corrected chi connectivity index (χ2v) is 6.30. The molecule has 0 spiro atoms. The molecule has 0 saturated carbocycles. The average molecular weight is 190 g/mol. The van der Waals surface area contributed by atoms with Crippen molar-refractivity contribution in [2.24, 2.45) is 0 Å². The Kier molecular flexibility index (Phi) is 3.44. The van der Waals surface area contributed by atoms with Crippen LogP contribution in [0.2, 0.25) is 0 Å². The van der Waals surface area contributed by atoms with E-state index >= 15 is 0 Å². The Bertz CT molecular complexity index is 137. The lowest BCUT2D eigenvalue weighted by atomic mass is 10.2. The van der Waals surface area contributed by atoms with E-state index in [1.807, 2.05) is 0 Å². The van der Waals surface area contributed by atoms with E-state index in [0.717, 1.165) is 12.1 Å². The van der Waals surface area contributed by atoms with Gasteiger partial charge in [0.25, 0.3) is 0 Å². The first kappa shape index (κ1) is 10.4. The Morgan fingerprint density at radius 2 is 1.50 bits per heavy atom. The standard InChI is InChI=1S/C9H22N2S/c1-8-6-10(3)7-9(2)11(8)12(4)5/h8-9,12H,6-7H2,1-5H3/t8-,9-/m1/s1. The maximum absolute atomic E-state index is 2.68. The summed E-state index contributed by atoms with van der Waals surface area (Å²) in [7, 11) is 2.22. The highest BCUT2D eigenvalue weighted by molar-refractivity contribution is 8.13. The molecule has 1 heterocycles. The summed E-state index contributed by atoms with van der Waals surface area (Å²) in [5.74, 6) is 0. The molecule has 2 atom stereocenters. The van der Waals surface area contributed by atoms with E-state index in [-0.39, 0.29) is 11.1 Å². The summed E-state index contributed by atoms with van der Waals surface area (Å²) >= 11 is 0.0903. The Morgan fingerprint density at radius 1 is 1.08 bits per heavy atom. The molecule has 0 amide bonds. The molecule has 0 aromatic rings. The third-order valence-corrected chi connectivity index (χ3v) is 4.23. The zero-order valence-corrected chi connectivity index (χ0v) is 9.80. The quantitative estimate of drug-likeness (QED) is 0.621. The Morgan fingerprint density at radius 3 is 1.83 bits per heavy atom. The number of hydrogen-bond acceptors (Lipinski definition) is 2. The van der Waals surface area contributed by atoms with Crippen molar-refractivity contribution >= 4 is 11.1 Å². The molecule has 1 saturated heterocycles. The maximum atomic E-state index is 2.68. The van der Waals surface area contributed by atoms with Gasteiger partial charge >= 0.3 is 0 Å². The first-order chi connectivity index (χ1) is 5.52. The van der Waals surface area contributed by atoms with Crippen molar-refractivity contribution in [1.29, 1.82) is 0 Å². The van der Waals surface area contributed by atoms with Gasteiger partial charge in [-0.15, -0.1) is 0 Å². The molecule has 0 N–H and O–H groups in total. The van der Waals surface area contributed by atoms with Crippen LogP contribution in [0.25, 0.3) is 0 Å². The molecule has 3 heteroatoms. The third kappa shape index (κ3) is 2.15. The van der Waals surface area contributed by atoms with Crippen LogP contribution in [0.3, 0.4) is 0 Å². The summed E-state index contributed by atoms with van der Waals surface area (Å²) in [6.07, 6.45) is 4.71. The topological polar surface area (TPSA) is 6.48 Å². The Hall–Kier alpha value is 0.270. The molecule has 0 aliphatic carbocycles. The maximum Gasteiger partial charge on any atom is 0.0287 e. The lowest BCUT2D eigenvalue weighted by molar-refractivity contribution is 0.132. The van der Waals surface area contributed by atoms with Gasteiger partial charge in [-0.3, -0.25) is 4.31 Å². The zero-order chi connectivity index (χ0) is 9.30. The summed E-state index contributed by atoms with van der Waals surface area (Å²) < 4.78 is 2.68. The smallest absolute Gasteiger partial charge is 0.0287 e. The van der Waals surface area contributed by atoms with E-state index in [1.54, 1.807) is 0 Å². The van der Waals surface area contributed by atoms with Crippen molar-refractivity contribution in [1.82, 2.24) is 9.21 Å². The van der Waals surface area contributed by atoms with Gasteiger partial charge < -0.3 is 4.90 Å². The summed E-state index contributed by atoms with van der Waals surface area (Å²) in [5.41, 5.74) is 0. The predicted molar refractivity (Wildman–Crippen MR) is 59.1 cm³/mol. The van der Waals surface area contributed by atoms with Crippen molar-refractivity contribution in [3.8, 4) is 0 Å². The van der Waals surface area contributed by atoms with E-state index in [2.05, 4.69) is 42.6 Å². The van der Waals surface area contributed by atoms with E-state index in [9.17, 15) is 0 Å². The molecule has 0 bridgehead atoms. The number of nitrogens with zero attached hydrogens (tertiary/aromatic N) is 2. The van der Waals surface area contributed by atoms with Crippen LogP contribution in [0, 0.1) is 0 Å². The molecule has 74 valence electrons. The fourth-order valence-electron chi connectivity index (χ4n) is 2.37. The average Bonchev–Trinajstić information content (AvgIpc) is 1.82. The minimum Gasteiger partial charge on any atom is -0.303 e. The van der Waals surface area contributed by atoms with E-state index in [4.69, 9.17) is 0 Å². The SMILES string of the molecule is C[C@@H]1CN(C)C[C@@H](C)N1[SH](C)C. The van der Waals surface area contributed by atoms with Crippen LogP contribution in [-0.4, -0.2) is 53.9 Å². The fourth-order valence-corrected chi connectivity index (χ4v) is 4.09. The van der Waals surface area contributed by atoms with Crippen LogP contribution in [0.15, 0.2) is 0 Å². The molecule has 1 rings (SSSR count). The Balaban J connectivity index is 2.60.